The van der Waals surface area contributed by atoms with Gasteiger partial charge in [-0.15, -0.1) is 0 Å². The van der Waals surface area contributed by atoms with E-state index in [2.05, 4.69) is 20.8 Å². The fraction of sp³-hybridized carbons (Fsp3) is 0.471. The molecule has 0 bridgehead atoms. The summed E-state index contributed by atoms with van der Waals surface area (Å²) in [5, 5.41) is 10.3. The summed E-state index contributed by atoms with van der Waals surface area (Å²) < 4.78 is 4.75. The van der Waals surface area contributed by atoms with Crippen LogP contribution in [0.3, 0.4) is 0 Å². The predicted octanol–water partition coefficient (Wildman–Crippen LogP) is 2.45. The third-order valence-electron chi connectivity index (χ3n) is 5.25. The topological polar surface area (TPSA) is 80.1 Å². The molecule has 6 nitrogen and oxygen atoms in total. The summed E-state index contributed by atoms with van der Waals surface area (Å²) >= 11 is 0. The molecule has 0 unspecified atom stereocenters. The van der Waals surface area contributed by atoms with Crippen molar-refractivity contribution in [3.63, 3.8) is 0 Å². The second-order valence-electron chi connectivity index (χ2n) is 6.52. The Labute approximate surface area is 134 Å². The molecule has 4 rings (SSSR count). The van der Waals surface area contributed by atoms with Gasteiger partial charge in [-0.2, -0.15) is 4.98 Å². The molecule has 1 aromatic heterocycles. The number of nitrogens with zero attached hydrogens (tertiary/aromatic N) is 2. The Bertz CT molecular complexity index is 683. The molecule has 1 aromatic carbocycles. The van der Waals surface area contributed by atoms with Crippen molar-refractivity contribution in [2.45, 2.75) is 25.7 Å². The molecule has 2 fully saturated rings. The number of fused-ring (bicyclic) bond motifs is 1. The number of aromatic nitrogens is 2. The van der Waals surface area contributed by atoms with E-state index in [-0.39, 0.29) is 11.3 Å². The molecule has 1 saturated carbocycles. The standard InChI is InChI=1S/C17H20N4O2/c22-16(17-8-2-1-3-13(17)9-18-10-17)20-14-6-4-12(5-7-14)15-19-11-23-21-15/h4-7,11,13,18H,1-3,8-10H2,(H,20,22)/t13-,17+/m0/s1. The zero-order chi connectivity index (χ0) is 15.7. The summed E-state index contributed by atoms with van der Waals surface area (Å²) in [5.41, 5.74) is 1.45. The van der Waals surface area contributed by atoms with Crippen LogP contribution in [-0.4, -0.2) is 29.1 Å². The van der Waals surface area contributed by atoms with E-state index in [9.17, 15) is 4.79 Å². The third-order valence-corrected chi connectivity index (χ3v) is 5.25. The molecule has 2 aliphatic rings. The largest absolute Gasteiger partial charge is 0.342 e. The third kappa shape index (κ3) is 2.53. The Morgan fingerprint density at radius 1 is 1.30 bits per heavy atom. The molecule has 23 heavy (non-hydrogen) atoms. The molecule has 1 aliphatic heterocycles. The molecule has 1 amide bonds. The minimum Gasteiger partial charge on any atom is -0.342 e. The van der Waals surface area contributed by atoms with Gasteiger partial charge in [0, 0.05) is 17.8 Å². The van der Waals surface area contributed by atoms with Crippen LogP contribution >= 0.6 is 0 Å². The minimum absolute atomic E-state index is 0.152. The van der Waals surface area contributed by atoms with Crippen LogP contribution in [-0.2, 0) is 4.79 Å². The van der Waals surface area contributed by atoms with E-state index in [4.69, 9.17) is 4.52 Å². The average molecular weight is 312 g/mol. The second kappa shape index (κ2) is 5.77. The van der Waals surface area contributed by atoms with Crippen molar-refractivity contribution in [2.75, 3.05) is 18.4 Å². The maximum atomic E-state index is 12.9. The lowest BCUT2D eigenvalue weighted by atomic mass is 9.67. The Morgan fingerprint density at radius 3 is 2.96 bits per heavy atom. The molecule has 2 heterocycles. The van der Waals surface area contributed by atoms with E-state index in [1.54, 1.807) is 0 Å². The van der Waals surface area contributed by atoms with Gasteiger partial charge in [0.15, 0.2) is 0 Å². The fourth-order valence-electron chi connectivity index (χ4n) is 3.95. The lowest BCUT2D eigenvalue weighted by molar-refractivity contribution is -0.128. The van der Waals surface area contributed by atoms with Gasteiger partial charge in [0.1, 0.15) is 0 Å². The number of carbonyl (C=O) groups excluding carboxylic acids is 1. The highest BCUT2D eigenvalue weighted by Gasteiger charge is 2.49. The van der Waals surface area contributed by atoms with Gasteiger partial charge in [0.25, 0.3) is 0 Å². The Morgan fingerprint density at radius 2 is 2.17 bits per heavy atom. The first-order chi connectivity index (χ1) is 11.3. The van der Waals surface area contributed by atoms with Crippen molar-refractivity contribution in [1.82, 2.24) is 15.5 Å². The average Bonchev–Trinajstić information content (AvgIpc) is 3.25. The van der Waals surface area contributed by atoms with E-state index in [0.717, 1.165) is 43.6 Å². The molecule has 0 spiro atoms. The van der Waals surface area contributed by atoms with E-state index in [0.29, 0.717) is 11.7 Å². The molecular formula is C17H20N4O2. The first kappa shape index (κ1) is 14.4. The quantitative estimate of drug-likeness (QED) is 0.910. The summed E-state index contributed by atoms with van der Waals surface area (Å²) in [5.74, 6) is 1.17. The van der Waals surface area contributed by atoms with Gasteiger partial charge in [-0.3, -0.25) is 4.79 Å². The Kier molecular flexibility index (Phi) is 3.61. The summed E-state index contributed by atoms with van der Waals surface area (Å²) in [6.45, 7) is 1.76. The second-order valence-corrected chi connectivity index (χ2v) is 6.52. The minimum atomic E-state index is -0.232. The maximum Gasteiger partial charge on any atom is 0.232 e. The zero-order valence-corrected chi connectivity index (χ0v) is 12.9. The van der Waals surface area contributed by atoms with Gasteiger partial charge in [-0.25, -0.2) is 0 Å². The molecule has 2 aromatic rings. The van der Waals surface area contributed by atoms with Gasteiger partial charge < -0.3 is 15.2 Å². The molecule has 2 atom stereocenters. The number of hydrogen-bond donors (Lipinski definition) is 2. The van der Waals surface area contributed by atoms with Crippen molar-refractivity contribution in [3.8, 4) is 11.4 Å². The predicted molar refractivity (Wildman–Crippen MR) is 85.6 cm³/mol. The Hall–Kier alpha value is -2.21. The number of carbonyl (C=O) groups is 1. The van der Waals surface area contributed by atoms with E-state index < -0.39 is 0 Å². The number of amides is 1. The van der Waals surface area contributed by atoms with Crippen LogP contribution in [0, 0.1) is 11.3 Å². The normalized spacial score (nSPS) is 26.7. The zero-order valence-electron chi connectivity index (χ0n) is 12.9. The van der Waals surface area contributed by atoms with Crippen molar-refractivity contribution in [2.24, 2.45) is 11.3 Å². The van der Waals surface area contributed by atoms with E-state index in [1.165, 1.54) is 12.8 Å². The highest BCUT2D eigenvalue weighted by Crippen LogP contribution is 2.44. The van der Waals surface area contributed by atoms with Crippen LogP contribution in [0.2, 0.25) is 0 Å². The number of hydrogen-bond acceptors (Lipinski definition) is 5. The number of nitrogens with one attached hydrogen (secondary N) is 2. The van der Waals surface area contributed by atoms with E-state index >= 15 is 0 Å². The maximum absolute atomic E-state index is 12.9. The Balaban J connectivity index is 1.50. The first-order valence-electron chi connectivity index (χ1n) is 8.17. The number of anilines is 1. The van der Waals surface area contributed by atoms with Gasteiger partial charge in [0.05, 0.1) is 5.41 Å². The SMILES string of the molecule is O=C(Nc1ccc(-c2ncon2)cc1)[C@@]12CCCC[C@H]1CNC2. The van der Waals surface area contributed by atoms with Crippen LogP contribution in [0.15, 0.2) is 35.2 Å². The van der Waals surface area contributed by atoms with Crippen LogP contribution < -0.4 is 10.6 Å². The van der Waals surface area contributed by atoms with Gasteiger partial charge in [0.2, 0.25) is 18.1 Å². The van der Waals surface area contributed by atoms with Crippen LogP contribution in [0.5, 0.6) is 0 Å². The first-order valence-corrected chi connectivity index (χ1v) is 8.17. The van der Waals surface area contributed by atoms with Crippen molar-refractivity contribution in [1.29, 1.82) is 0 Å². The lowest BCUT2D eigenvalue weighted by Crippen LogP contribution is -2.44. The molecule has 0 radical (unpaired) electrons. The van der Waals surface area contributed by atoms with Crippen molar-refractivity contribution < 1.29 is 9.32 Å². The number of benzene rings is 1. The molecule has 6 heteroatoms. The summed E-state index contributed by atoms with van der Waals surface area (Å²) in [7, 11) is 0. The van der Waals surface area contributed by atoms with Gasteiger partial charge in [-0.1, -0.05) is 18.0 Å². The van der Waals surface area contributed by atoms with Crippen LogP contribution in [0.4, 0.5) is 5.69 Å². The summed E-state index contributed by atoms with van der Waals surface area (Å²) in [4.78, 5) is 16.9. The van der Waals surface area contributed by atoms with Crippen molar-refractivity contribution in [3.05, 3.63) is 30.7 Å². The van der Waals surface area contributed by atoms with Crippen LogP contribution in [0.1, 0.15) is 25.7 Å². The summed E-state index contributed by atoms with van der Waals surface area (Å²) in [6.07, 6.45) is 5.82. The lowest BCUT2D eigenvalue weighted by Gasteiger charge is -2.37. The monoisotopic (exact) mass is 312 g/mol. The molecule has 1 aliphatic carbocycles. The highest BCUT2D eigenvalue weighted by molar-refractivity contribution is 5.96. The molecule has 2 N–H and O–H groups in total. The van der Waals surface area contributed by atoms with Gasteiger partial charge in [-0.05, 0) is 49.6 Å². The van der Waals surface area contributed by atoms with Crippen molar-refractivity contribution >= 4 is 11.6 Å². The molecule has 1 saturated heterocycles. The smallest absolute Gasteiger partial charge is 0.232 e. The van der Waals surface area contributed by atoms with E-state index in [1.807, 2.05) is 24.3 Å². The number of rotatable bonds is 3. The highest BCUT2D eigenvalue weighted by atomic mass is 16.5. The summed E-state index contributed by atoms with van der Waals surface area (Å²) in [6, 6.07) is 7.56. The fourth-order valence-corrected chi connectivity index (χ4v) is 3.95. The van der Waals surface area contributed by atoms with Crippen LogP contribution in [0.25, 0.3) is 11.4 Å². The molecule has 120 valence electrons. The van der Waals surface area contributed by atoms with Gasteiger partial charge >= 0.3 is 0 Å². The molecular weight excluding hydrogens is 292 g/mol.